The van der Waals surface area contributed by atoms with Gasteiger partial charge >= 0.3 is 6.03 Å². The van der Waals surface area contributed by atoms with Crippen LogP contribution in [0.1, 0.15) is 36.0 Å². The van der Waals surface area contributed by atoms with Crippen LogP contribution in [0.25, 0.3) is 0 Å². The second-order valence-electron chi connectivity index (χ2n) is 6.90. The minimum Gasteiger partial charge on any atom is -0.340 e. The van der Waals surface area contributed by atoms with Crippen LogP contribution in [0.15, 0.2) is 41.2 Å². The summed E-state index contributed by atoms with van der Waals surface area (Å²) in [6.07, 6.45) is 5.04. The van der Waals surface area contributed by atoms with Gasteiger partial charge in [-0.2, -0.15) is 10.1 Å². The Morgan fingerprint density at radius 2 is 2.25 bits per heavy atom. The summed E-state index contributed by atoms with van der Waals surface area (Å²) in [6.45, 7) is 3.25. The average molecular weight is 384 g/mol. The van der Waals surface area contributed by atoms with Gasteiger partial charge < -0.3 is 14.7 Å². The number of hydrogen-bond donors (Lipinski definition) is 1. The Bertz CT molecular complexity index is 969. The Hall–Kier alpha value is -3.23. The van der Waals surface area contributed by atoms with Crippen molar-refractivity contribution in [2.45, 2.75) is 32.2 Å². The normalized spacial score (nSPS) is 16.9. The van der Waals surface area contributed by atoms with Crippen LogP contribution >= 0.6 is 0 Å². The van der Waals surface area contributed by atoms with Crippen molar-refractivity contribution < 1.29 is 13.7 Å². The van der Waals surface area contributed by atoms with Gasteiger partial charge in [0.1, 0.15) is 5.82 Å². The smallest absolute Gasteiger partial charge is 0.321 e. The topological polar surface area (TPSA) is 89.1 Å². The quantitative estimate of drug-likeness (QED) is 0.746. The lowest BCUT2D eigenvalue weighted by Crippen LogP contribution is -2.41. The molecule has 146 valence electrons. The zero-order chi connectivity index (χ0) is 19.5. The molecule has 3 aromatic rings. The second kappa shape index (κ2) is 7.79. The Labute approximate surface area is 161 Å². The molecule has 0 saturated carbocycles. The van der Waals surface area contributed by atoms with Gasteiger partial charge in [-0.3, -0.25) is 4.68 Å². The summed E-state index contributed by atoms with van der Waals surface area (Å²) >= 11 is 0. The molecule has 0 radical (unpaired) electrons. The number of carbonyl (C=O) groups excluding carboxylic acids is 1. The molecule has 3 heterocycles. The molecule has 1 saturated heterocycles. The van der Waals surface area contributed by atoms with Gasteiger partial charge in [0.2, 0.25) is 5.89 Å². The van der Waals surface area contributed by atoms with Crippen LogP contribution in [0.2, 0.25) is 0 Å². The maximum atomic E-state index is 13.8. The van der Waals surface area contributed by atoms with E-state index >= 15 is 0 Å². The van der Waals surface area contributed by atoms with Crippen molar-refractivity contribution >= 4 is 11.7 Å². The molecule has 9 heteroatoms. The summed E-state index contributed by atoms with van der Waals surface area (Å²) in [7, 11) is 0. The molecular formula is C19H21FN6O2. The third-order valence-corrected chi connectivity index (χ3v) is 4.79. The van der Waals surface area contributed by atoms with E-state index in [9.17, 15) is 9.18 Å². The summed E-state index contributed by atoms with van der Waals surface area (Å²) in [5.41, 5.74) is 1.11. The van der Waals surface area contributed by atoms with Gasteiger partial charge in [-0.15, -0.1) is 0 Å². The number of urea groups is 1. The first-order valence-electron chi connectivity index (χ1n) is 9.20. The predicted octanol–water partition coefficient (Wildman–Crippen LogP) is 3.17. The first-order valence-corrected chi connectivity index (χ1v) is 9.20. The fraction of sp³-hybridized carbons (Fsp3) is 0.368. The summed E-state index contributed by atoms with van der Waals surface area (Å²) in [5.74, 6) is 0.965. The van der Waals surface area contributed by atoms with E-state index in [2.05, 4.69) is 20.6 Å². The fourth-order valence-corrected chi connectivity index (χ4v) is 3.37. The molecule has 1 atom stereocenters. The van der Waals surface area contributed by atoms with Crippen LogP contribution in [-0.2, 0) is 6.54 Å². The number of nitrogens with zero attached hydrogens (tertiary/aromatic N) is 5. The summed E-state index contributed by atoms with van der Waals surface area (Å²) in [5, 5.41) is 11.0. The summed E-state index contributed by atoms with van der Waals surface area (Å²) in [4.78, 5) is 18.7. The van der Waals surface area contributed by atoms with E-state index in [1.165, 1.54) is 6.07 Å². The van der Waals surface area contributed by atoms with Crippen LogP contribution in [0.3, 0.4) is 0 Å². The van der Waals surface area contributed by atoms with Crippen molar-refractivity contribution in [2.24, 2.45) is 0 Å². The van der Waals surface area contributed by atoms with E-state index in [1.807, 2.05) is 0 Å². The molecule has 2 amide bonds. The predicted molar refractivity (Wildman–Crippen MR) is 99.3 cm³/mol. The number of carbonyl (C=O) groups is 1. The lowest BCUT2D eigenvalue weighted by molar-refractivity contribution is 0.190. The molecule has 1 N–H and O–H groups in total. The maximum Gasteiger partial charge on any atom is 0.321 e. The van der Waals surface area contributed by atoms with Gasteiger partial charge in [0.25, 0.3) is 0 Å². The summed E-state index contributed by atoms with van der Waals surface area (Å²) in [6, 6.07) is 6.36. The largest absolute Gasteiger partial charge is 0.340 e. The minimum absolute atomic E-state index is 0.0701. The lowest BCUT2D eigenvalue weighted by Gasteiger charge is -2.31. The van der Waals surface area contributed by atoms with Crippen LogP contribution < -0.4 is 5.32 Å². The van der Waals surface area contributed by atoms with E-state index in [0.29, 0.717) is 42.6 Å². The monoisotopic (exact) mass is 384 g/mol. The standard InChI is InChI=1S/C19H21FN6O2/c1-13-22-18(24-28-13)15-6-4-8-25(10-15)19(27)23-16-9-21-26(12-16)11-14-5-2-3-7-17(14)20/h2-3,5,7,9,12,15H,4,6,8,10-11H2,1H3,(H,23,27). The van der Waals surface area contributed by atoms with Crippen molar-refractivity contribution in [3.8, 4) is 0 Å². The van der Waals surface area contributed by atoms with Crippen LogP contribution in [0.4, 0.5) is 14.9 Å². The van der Waals surface area contributed by atoms with Gasteiger partial charge in [-0.25, -0.2) is 9.18 Å². The van der Waals surface area contributed by atoms with Crippen molar-refractivity contribution in [3.63, 3.8) is 0 Å². The molecule has 0 aliphatic carbocycles. The molecule has 1 unspecified atom stereocenters. The second-order valence-corrected chi connectivity index (χ2v) is 6.90. The highest BCUT2D eigenvalue weighted by Crippen LogP contribution is 2.25. The van der Waals surface area contributed by atoms with Crippen molar-refractivity contribution in [2.75, 3.05) is 18.4 Å². The zero-order valence-electron chi connectivity index (χ0n) is 15.5. The van der Waals surface area contributed by atoms with E-state index < -0.39 is 0 Å². The molecule has 2 aromatic heterocycles. The van der Waals surface area contributed by atoms with E-state index in [-0.39, 0.29) is 17.8 Å². The first kappa shape index (κ1) is 18.1. The SMILES string of the molecule is Cc1nc(C2CCCN(C(=O)Nc3cnn(Cc4ccccc4F)c3)C2)no1. The number of piperidine rings is 1. The number of aromatic nitrogens is 4. The fourth-order valence-electron chi connectivity index (χ4n) is 3.37. The number of halogens is 1. The van der Waals surface area contributed by atoms with Gasteiger partial charge in [-0.05, 0) is 18.9 Å². The van der Waals surface area contributed by atoms with Crippen molar-refractivity contribution in [1.29, 1.82) is 0 Å². The third kappa shape index (κ3) is 4.03. The lowest BCUT2D eigenvalue weighted by atomic mass is 9.98. The minimum atomic E-state index is -0.278. The molecule has 1 aliphatic heterocycles. The molecule has 28 heavy (non-hydrogen) atoms. The average Bonchev–Trinajstić information content (AvgIpc) is 3.33. The van der Waals surface area contributed by atoms with Crippen LogP contribution in [0, 0.1) is 12.7 Å². The van der Waals surface area contributed by atoms with Gasteiger partial charge in [0, 0.05) is 37.7 Å². The highest BCUT2D eigenvalue weighted by molar-refractivity contribution is 5.89. The number of likely N-dealkylation sites (tertiary alicyclic amines) is 1. The molecule has 0 bridgehead atoms. The highest BCUT2D eigenvalue weighted by Gasteiger charge is 2.28. The number of rotatable bonds is 4. The molecule has 1 aliphatic rings. The maximum absolute atomic E-state index is 13.8. The van der Waals surface area contributed by atoms with E-state index in [4.69, 9.17) is 4.52 Å². The van der Waals surface area contributed by atoms with Crippen LogP contribution in [0.5, 0.6) is 0 Å². The number of anilines is 1. The Morgan fingerprint density at radius 1 is 1.39 bits per heavy atom. The molecule has 0 spiro atoms. The number of nitrogens with one attached hydrogen (secondary N) is 1. The molecule has 1 aromatic carbocycles. The first-order chi connectivity index (χ1) is 13.6. The third-order valence-electron chi connectivity index (χ3n) is 4.79. The van der Waals surface area contributed by atoms with Crippen molar-refractivity contribution in [1.82, 2.24) is 24.8 Å². The Balaban J connectivity index is 1.37. The van der Waals surface area contributed by atoms with Gasteiger partial charge in [0.15, 0.2) is 5.82 Å². The molecular weight excluding hydrogens is 363 g/mol. The highest BCUT2D eigenvalue weighted by atomic mass is 19.1. The number of aryl methyl sites for hydroxylation is 1. The molecule has 4 rings (SSSR count). The number of benzene rings is 1. The van der Waals surface area contributed by atoms with E-state index in [1.54, 1.807) is 47.1 Å². The van der Waals surface area contributed by atoms with Gasteiger partial charge in [-0.1, -0.05) is 23.4 Å². The van der Waals surface area contributed by atoms with Crippen molar-refractivity contribution in [3.05, 3.63) is 59.8 Å². The van der Waals surface area contributed by atoms with Crippen LogP contribution in [-0.4, -0.2) is 43.9 Å². The Morgan fingerprint density at radius 3 is 3.04 bits per heavy atom. The summed E-state index contributed by atoms with van der Waals surface area (Å²) < 4.78 is 20.4. The number of amides is 2. The number of hydrogen-bond acceptors (Lipinski definition) is 5. The molecule has 1 fully saturated rings. The Kier molecular flexibility index (Phi) is 5.05. The van der Waals surface area contributed by atoms with Gasteiger partial charge in [0.05, 0.1) is 18.4 Å². The van der Waals surface area contributed by atoms with E-state index in [0.717, 1.165) is 12.8 Å². The zero-order valence-corrected chi connectivity index (χ0v) is 15.5. The molecule has 8 nitrogen and oxygen atoms in total.